The molecule has 0 aliphatic heterocycles. The molecule has 2 N–H and O–H groups in total. The van der Waals surface area contributed by atoms with Gasteiger partial charge in [-0.3, -0.25) is 0 Å². The molecule has 1 rings (SSSR count). The Morgan fingerprint density at radius 3 is 1.18 bits per heavy atom. The van der Waals surface area contributed by atoms with Crippen molar-refractivity contribution in [2.24, 2.45) is 0 Å². The fourth-order valence-corrected chi connectivity index (χ4v) is 3.61. The summed E-state index contributed by atoms with van der Waals surface area (Å²) in [5.74, 6) is 0. The first-order valence-corrected chi connectivity index (χ1v) is 8.28. The van der Waals surface area contributed by atoms with Crippen molar-refractivity contribution >= 4 is 36.0 Å². The van der Waals surface area contributed by atoms with E-state index in [4.69, 9.17) is 5.73 Å². The van der Waals surface area contributed by atoms with Gasteiger partial charge in [0, 0.05) is 0 Å². The Balaban J connectivity index is -0.00000120. The average Bonchev–Trinajstić information content (AvgIpc) is 2.11. The van der Waals surface area contributed by atoms with Crippen LogP contribution in [0.25, 0.3) is 0 Å². The number of hydrogen-bond acceptors (Lipinski definition) is 10. The van der Waals surface area contributed by atoms with Crippen LogP contribution < -0.4 is 94.4 Å². The van der Waals surface area contributed by atoms with Gasteiger partial charge >= 0.3 is 88.7 Å². The molecule has 0 fully saturated rings. The van der Waals surface area contributed by atoms with Gasteiger partial charge in [-0.25, -0.2) is 25.3 Å². The van der Waals surface area contributed by atoms with Gasteiger partial charge in [0.15, 0.2) is 0 Å². The van der Waals surface area contributed by atoms with Crippen LogP contribution in [0.2, 0.25) is 0 Å². The van der Waals surface area contributed by atoms with Crippen LogP contribution in [0, 0.1) is 0 Å². The van der Waals surface area contributed by atoms with Crippen molar-refractivity contribution < 1.29 is 128 Å². The van der Waals surface area contributed by atoms with E-state index >= 15 is 0 Å². The van der Waals surface area contributed by atoms with E-state index < -0.39 is 50.7 Å². The fraction of sp³-hybridized carbons (Fsp3) is 0. The quantitative estimate of drug-likeness (QED) is 0.289. The molecule has 0 aromatic heterocycles. The largest absolute Gasteiger partial charge is 1.00 e. The molecular weight excluding hydrogens is 395 g/mol. The van der Waals surface area contributed by atoms with Crippen LogP contribution >= 0.6 is 0 Å². The molecule has 1 aromatic rings. The predicted molar refractivity (Wildman–Crippen MR) is 54.7 cm³/mol. The molecule has 0 aliphatic carbocycles. The smallest absolute Gasteiger partial charge is 0.744 e. The van der Waals surface area contributed by atoms with E-state index in [1.54, 1.807) is 0 Å². The van der Waals surface area contributed by atoms with Crippen molar-refractivity contribution in [3.05, 3.63) is 12.1 Å². The van der Waals surface area contributed by atoms with Crippen molar-refractivity contribution in [3.63, 3.8) is 0 Å². The third-order valence-electron chi connectivity index (χ3n) is 1.88. The molecule has 0 unspecified atom stereocenters. The molecular formula is C6H4NNa3O9S3. The standard InChI is InChI=1S/C6H7NO9S3.3Na/c7-3-1-5(18(11,12)13)6(19(14,15)16)2-4(3)17(8,9)10;;;/h1-2H,7H2,(H,8,9,10)(H,11,12,13)(H,14,15,16);;;/q;3*+1/p-3. The van der Waals surface area contributed by atoms with Gasteiger partial charge < -0.3 is 19.4 Å². The number of anilines is 1. The van der Waals surface area contributed by atoms with Crippen LogP contribution in [0.4, 0.5) is 5.69 Å². The van der Waals surface area contributed by atoms with Crippen molar-refractivity contribution in [1.82, 2.24) is 0 Å². The Kier molecular flexibility index (Phi) is 12.3. The van der Waals surface area contributed by atoms with Crippen LogP contribution in [0.5, 0.6) is 0 Å². The molecule has 0 aliphatic rings. The maximum Gasteiger partial charge on any atom is 1.00 e. The second-order valence-corrected chi connectivity index (χ2v) is 7.24. The van der Waals surface area contributed by atoms with E-state index in [1.807, 2.05) is 0 Å². The van der Waals surface area contributed by atoms with Gasteiger partial charge in [-0.1, -0.05) is 0 Å². The number of hydrogen-bond donors (Lipinski definition) is 1. The first kappa shape index (κ1) is 28.5. The Bertz CT molecular complexity index is 847. The minimum Gasteiger partial charge on any atom is -0.744 e. The van der Waals surface area contributed by atoms with E-state index in [0.29, 0.717) is 0 Å². The number of rotatable bonds is 3. The summed E-state index contributed by atoms with van der Waals surface area (Å²) in [6.45, 7) is 0. The van der Waals surface area contributed by atoms with Gasteiger partial charge in [0.05, 0.1) is 20.4 Å². The summed E-state index contributed by atoms with van der Waals surface area (Å²) in [4.78, 5) is -4.48. The van der Waals surface area contributed by atoms with Crippen molar-refractivity contribution in [2.75, 3.05) is 5.73 Å². The molecule has 1 aromatic carbocycles. The monoisotopic (exact) mass is 399 g/mol. The number of nitrogen functional groups attached to an aromatic ring is 1. The summed E-state index contributed by atoms with van der Waals surface area (Å²) in [5.41, 5.74) is 4.08. The molecule has 0 atom stereocenters. The molecule has 10 nitrogen and oxygen atoms in total. The van der Waals surface area contributed by atoms with Gasteiger partial charge in [0.25, 0.3) is 0 Å². The molecule has 0 amide bonds. The maximum absolute atomic E-state index is 10.8. The molecule has 22 heavy (non-hydrogen) atoms. The molecule has 108 valence electrons. The van der Waals surface area contributed by atoms with Crippen LogP contribution in [-0.2, 0) is 30.4 Å². The Morgan fingerprint density at radius 1 is 0.636 bits per heavy atom. The summed E-state index contributed by atoms with van der Waals surface area (Å²) < 4.78 is 96.9. The Morgan fingerprint density at radius 2 is 0.909 bits per heavy atom. The second-order valence-electron chi connectivity index (χ2n) is 3.20. The minimum absolute atomic E-state index is 0. The zero-order valence-corrected chi connectivity index (χ0v) is 20.1. The van der Waals surface area contributed by atoms with Gasteiger partial charge in [-0.15, -0.1) is 0 Å². The molecule has 0 radical (unpaired) electrons. The maximum atomic E-state index is 10.8. The van der Waals surface area contributed by atoms with Gasteiger partial charge in [-0.2, -0.15) is 0 Å². The van der Waals surface area contributed by atoms with Crippen molar-refractivity contribution in [2.45, 2.75) is 14.7 Å². The Hall–Kier alpha value is 1.75. The first-order valence-electron chi connectivity index (χ1n) is 4.06. The zero-order valence-electron chi connectivity index (χ0n) is 11.6. The second kappa shape index (κ2) is 9.45. The van der Waals surface area contributed by atoms with Crippen molar-refractivity contribution in [1.29, 1.82) is 0 Å². The number of nitrogens with two attached hydrogens (primary N) is 1. The zero-order chi connectivity index (χ0) is 15.2. The summed E-state index contributed by atoms with van der Waals surface area (Å²) in [6.07, 6.45) is 0. The summed E-state index contributed by atoms with van der Waals surface area (Å²) >= 11 is 0. The van der Waals surface area contributed by atoms with E-state index in [9.17, 15) is 38.9 Å². The summed E-state index contributed by atoms with van der Waals surface area (Å²) in [6, 6.07) is 0.0860. The molecule has 0 spiro atoms. The fourth-order valence-electron chi connectivity index (χ4n) is 1.16. The van der Waals surface area contributed by atoms with Crippen LogP contribution in [0.15, 0.2) is 26.8 Å². The van der Waals surface area contributed by atoms with Gasteiger partial charge in [0.2, 0.25) is 0 Å². The Labute approximate surface area is 193 Å². The van der Waals surface area contributed by atoms with E-state index in [2.05, 4.69) is 0 Å². The van der Waals surface area contributed by atoms with Crippen LogP contribution in [0.1, 0.15) is 0 Å². The van der Waals surface area contributed by atoms with Gasteiger partial charge in [0.1, 0.15) is 30.4 Å². The average molecular weight is 399 g/mol. The SMILES string of the molecule is Nc1cc(S(=O)(=O)[O-])c(S(=O)(=O)[O-])cc1S(=O)(=O)[O-].[Na+].[Na+].[Na+]. The minimum atomic E-state index is -5.50. The van der Waals surface area contributed by atoms with E-state index in [0.717, 1.165) is 0 Å². The molecule has 0 heterocycles. The summed E-state index contributed by atoms with van der Waals surface area (Å²) in [7, 11) is -16.2. The molecule has 0 saturated heterocycles. The van der Waals surface area contributed by atoms with Crippen molar-refractivity contribution in [3.8, 4) is 0 Å². The molecule has 0 bridgehead atoms. The summed E-state index contributed by atoms with van der Waals surface area (Å²) in [5, 5.41) is 0. The third-order valence-corrected chi connectivity index (χ3v) is 4.66. The third kappa shape index (κ3) is 7.33. The van der Waals surface area contributed by atoms with Crippen LogP contribution in [0.3, 0.4) is 0 Å². The molecule has 0 saturated carbocycles. The topological polar surface area (TPSA) is 198 Å². The van der Waals surface area contributed by atoms with Crippen LogP contribution in [-0.4, -0.2) is 38.9 Å². The van der Waals surface area contributed by atoms with Gasteiger partial charge in [-0.05, 0) is 12.1 Å². The predicted octanol–water partition coefficient (Wildman–Crippen LogP) is -11.0. The number of benzene rings is 1. The first-order chi connectivity index (χ1) is 8.24. The van der Waals surface area contributed by atoms with E-state index in [-0.39, 0.29) is 101 Å². The normalized spacial score (nSPS) is 11.6. The molecule has 16 heteroatoms. The van der Waals surface area contributed by atoms with E-state index in [1.165, 1.54) is 0 Å².